The monoisotopic (exact) mass is 287 g/mol. The molecule has 0 atom stereocenters. The van der Waals surface area contributed by atoms with Crippen LogP contribution >= 0.6 is 27.7 Å². The number of rotatable bonds is 2. The van der Waals surface area contributed by atoms with E-state index in [2.05, 4.69) is 31.1 Å². The van der Waals surface area contributed by atoms with Gasteiger partial charge >= 0.3 is 0 Å². The van der Waals surface area contributed by atoms with E-state index in [0.717, 1.165) is 5.03 Å². The van der Waals surface area contributed by atoms with Crippen LogP contribution in [0.2, 0.25) is 0 Å². The molecular formula is C9H7BrFN3S. The molecule has 2 heterocycles. The topological polar surface area (TPSA) is 41.6 Å². The molecule has 2 aromatic heterocycles. The van der Waals surface area contributed by atoms with Crippen molar-refractivity contribution in [2.75, 3.05) is 6.26 Å². The molecule has 0 aliphatic rings. The van der Waals surface area contributed by atoms with E-state index >= 15 is 0 Å². The Morgan fingerprint density at radius 2 is 2.27 bits per heavy atom. The highest BCUT2D eigenvalue weighted by molar-refractivity contribution is 9.10. The van der Waals surface area contributed by atoms with Crippen molar-refractivity contribution in [2.45, 2.75) is 5.03 Å². The summed E-state index contributed by atoms with van der Waals surface area (Å²) in [5.41, 5.74) is 0.871. The van der Waals surface area contributed by atoms with Crippen LogP contribution in [0, 0.1) is 5.82 Å². The van der Waals surface area contributed by atoms with Crippen molar-refractivity contribution in [2.24, 2.45) is 0 Å². The van der Waals surface area contributed by atoms with Gasteiger partial charge < -0.3 is 0 Å². The van der Waals surface area contributed by atoms with Crippen LogP contribution in [-0.4, -0.2) is 21.4 Å². The zero-order valence-corrected chi connectivity index (χ0v) is 10.2. The van der Waals surface area contributed by atoms with Crippen molar-refractivity contribution in [3.8, 4) is 11.4 Å². The Morgan fingerprint density at radius 1 is 1.47 bits per heavy atom. The lowest BCUT2D eigenvalue weighted by atomic mass is 10.2. The molecule has 2 rings (SSSR count). The third-order valence-electron chi connectivity index (χ3n) is 1.83. The van der Waals surface area contributed by atoms with Crippen LogP contribution in [0.25, 0.3) is 11.4 Å². The number of aromatic nitrogens is 3. The largest absolute Gasteiger partial charge is 0.275 e. The SMILES string of the molecule is CSc1cc(-c2ncc(Br)cc2F)[nH]n1. The number of nitrogens with zero attached hydrogens (tertiary/aromatic N) is 2. The van der Waals surface area contributed by atoms with Gasteiger partial charge in [0.05, 0.1) is 5.69 Å². The Balaban J connectivity index is 2.44. The van der Waals surface area contributed by atoms with Gasteiger partial charge in [0.25, 0.3) is 0 Å². The zero-order valence-electron chi connectivity index (χ0n) is 7.79. The van der Waals surface area contributed by atoms with E-state index in [1.807, 2.05) is 6.26 Å². The molecule has 0 aliphatic carbocycles. The fraction of sp³-hybridized carbons (Fsp3) is 0.111. The van der Waals surface area contributed by atoms with Crippen LogP contribution in [0.4, 0.5) is 4.39 Å². The maximum absolute atomic E-state index is 13.5. The van der Waals surface area contributed by atoms with E-state index in [1.54, 1.807) is 12.3 Å². The van der Waals surface area contributed by atoms with Crippen molar-refractivity contribution in [3.05, 3.63) is 28.6 Å². The average Bonchev–Trinajstić information content (AvgIpc) is 2.66. The van der Waals surface area contributed by atoms with E-state index < -0.39 is 0 Å². The maximum Gasteiger partial charge on any atom is 0.152 e. The first-order chi connectivity index (χ1) is 7.20. The fourth-order valence-corrected chi connectivity index (χ4v) is 1.82. The first kappa shape index (κ1) is 10.6. The van der Waals surface area contributed by atoms with Gasteiger partial charge in [0.15, 0.2) is 5.82 Å². The number of hydrogen-bond acceptors (Lipinski definition) is 3. The van der Waals surface area contributed by atoms with Gasteiger partial charge in [-0.05, 0) is 34.3 Å². The second-order valence-corrected chi connectivity index (χ2v) is 4.55. The summed E-state index contributed by atoms with van der Waals surface area (Å²) in [6.45, 7) is 0. The molecule has 78 valence electrons. The Hall–Kier alpha value is -0.880. The third kappa shape index (κ3) is 2.21. The van der Waals surface area contributed by atoms with Crippen LogP contribution in [0.15, 0.2) is 27.8 Å². The molecule has 0 aliphatic heterocycles. The van der Waals surface area contributed by atoms with Crippen LogP contribution in [0.1, 0.15) is 0 Å². The second-order valence-electron chi connectivity index (χ2n) is 2.81. The first-order valence-corrected chi connectivity index (χ1v) is 6.13. The quantitative estimate of drug-likeness (QED) is 0.863. The molecule has 0 saturated heterocycles. The third-order valence-corrected chi connectivity index (χ3v) is 2.89. The molecule has 15 heavy (non-hydrogen) atoms. The molecule has 6 heteroatoms. The number of thioether (sulfide) groups is 1. The zero-order chi connectivity index (χ0) is 10.8. The highest BCUT2D eigenvalue weighted by Gasteiger charge is 2.10. The summed E-state index contributed by atoms with van der Waals surface area (Å²) >= 11 is 4.65. The minimum absolute atomic E-state index is 0.283. The number of H-pyrrole nitrogens is 1. The van der Waals surface area contributed by atoms with Crippen LogP contribution in [0.5, 0.6) is 0 Å². The lowest BCUT2D eigenvalue weighted by molar-refractivity contribution is 0.624. The summed E-state index contributed by atoms with van der Waals surface area (Å²) in [4.78, 5) is 3.99. The highest BCUT2D eigenvalue weighted by Crippen LogP contribution is 2.23. The lowest BCUT2D eigenvalue weighted by Gasteiger charge is -1.98. The van der Waals surface area contributed by atoms with Gasteiger partial charge in [0, 0.05) is 10.7 Å². The van der Waals surface area contributed by atoms with E-state index in [-0.39, 0.29) is 11.5 Å². The maximum atomic E-state index is 13.5. The number of hydrogen-bond donors (Lipinski definition) is 1. The summed E-state index contributed by atoms with van der Waals surface area (Å²) in [5.74, 6) is -0.374. The van der Waals surface area contributed by atoms with E-state index in [0.29, 0.717) is 10.2 Å². The Kier molecular flexibility index (Phi) is 3.06. The van der Waals surface area contributed by atoms with Gasteiger partial charge in [-0.2, -0.15) is 5.10 Å². The molecule has 0 unspecified atom stereocenters. The Labute approximate surface area is 98.6 Å². The van der Waals surface area contributed by atoms with Gasteiger partial charge in [-0.25, -0.2) is 4.39 Å². The molecular weight excluding hydrogens is 281 g/mol. The van der Waals surface area contributed by atoms with Crippen molar-refractivity contribution >= 4 is 27.7 Å². The molecule has 2 aromatic rings. The highest BCUT2D eigenvalue weighted by atomic mass is 79.9. The van der Waals surface area contributed by atoms with Gasteiger partial charge in [-0.15, -0.1) is 11.8 Å². The Morgan fingerprint density at radius 3 is 2.87 bits per heavy atom. The standard InChI is InChI=1S/C9H7BrFN3S/c1-15-8-3-7(13-14-8)9-6(11)2-5(10)4-12-9/h2-4H,1H3,(H,13,14). The number of pyridine rings is 1. The van der Waals surface area contributed by atoms with E-state index in [4.69, 9.17) is 0 Å². The Bertz CT molecular complexity index is 486. The normalized spacial score (nSPS) is 10.6. The first-order valence-electron chi connectivity index (χ1n) is 4.11. The van der Waals surface area contributed by atoms with Gasteiger partial charge in [-0.1, -0.05) is 0 Å². The van der Waals surface area contributed by atoms with Crippen molar-refractivity contribution in [1.82, 2.24) is 15.2 Å². The summed E-state index contributed by atoms with van der Waals surface area (Å²) in [6.07, 6.45) is 3.46. The molecule has 0 amide bonds. The van der Waals surface area contributed by atoms with Crippen LogP contribution in [-0.2, 0) is 0 Å². The average molecular weight is 288 g/mol. The molecule has 1 N–H and O–H groups in total. The number of aromatic amines is 1. The van der Waals surface area contributed by atoms with Gasteiger partial charge in [-0.3, -0.25) is 10.1 Å². The smallest absolute Gasteiger partial charge is 0.152 e. The molecule has 0 saturated carbocycles. The fourth-order valence-electron chi connectivity index (χ4n) is 1.14. The van der Waals surface area contributed by atoms with Crippen molar-refractivity contribution in [3.63, 3.8) is 0 Å². The van der Waals surface area contributed by atoms with Crippen molar-refractivity contribution in [1.29, 1.82) is 0 Å². The minimum atomic E-state index is -0.374. The van der Waals surface area contributed by atoms with Crippen LogP contribution in [0.3, 0.4) is 0 Å². The molecule has 0 spiro atoms. The second kappa shape index (κ2) is 4.32. The number of nitrogens with one attached hydrogen (secondary N) is 1. The summed E-state index contributed by atoms with van der Waals surface area (Å²) in [5, 5.41) is 7.55. The number of halogens is 2. The summed E-state index contributed by atoms with van der Waals surface area (Å²) in [7, 11) is 0. The molecule has 0 radical (unpaired) electrons. The molecule has 0 aromatic carbocycles. The van der Waals surface area contributed by atoms with E-state index in [9.17, 15) is 4.39 Å². The summed E-state index contributed by atoms with van der Waals surface area (Å²) in [6, 6.07) is 3.14. The predicted octanol–water partition coefficient (Wildman–Crippen LogP) is 3.10. The lowest BCUT2D eigenvalue weighted by Crippen LogP contribution is -1.89. The van der Waals surface area contributed by atoms with Crippen molar-refractivity contribution < 1.29 is 4.39 Å². The molecule has 3 nitrogen and oxygen atoms in total. The van der Waals surface area contributed by atoms with E-state index in [1.165, 1.54) is 17.8 Å². The molecule has 0 bridgehead atoms. The molecule has 0 fully saturated rings. The minimum Gasteiger partial charge on any atom is -0.275 e. The summed E-state index contributed by atoms with van der Waals surface area (Å²) < 4.78 is 14.1. The van der Waals surface area contributed by atoms with Crippen LogP contribution < -0.4 is 0 Å². The van der Waals surface area contributed by atoms with Gasteiger partial charge in [0.1, 0.15) is 10.7 Å². The predicted molar refractivity (Wildman–Crippen MR) is 61.3 cm³/mol. The van der Waals surface area contributed by atoms with Gasteiger partial charge in [0.2, 0.25) is 0 Å².